The van der Waals surface area contributed by atoms with Crippen LogP contribution in [0.25, 0.3) is 0 Å². The third kappa shape index (κ3) is 3.03. The first kappa shape index (κ1) is 16.8. The van der Waals surface area contributed by atoms with Gasteiger partial charge in [-0.2, -0.15) is 4.31 Å². The van der Waals surface area contributed by atoms with Gasteiger partial charge in [-0.1, -0.05) is 29.8 Å². The zero-order chi connectivity index (χ0) is 16.6. The molecule has 1 aromatic heterocycles. The molecule has 1 aliphatic rings. The quantitative estimate of drug-likeness (QED) is 0.827. The minimum atomic E-state index is -3.64. The van der Waals surface area contributed by atoms with Gasteiger partial charge in [-0.05, 0) is 25.5 Å². The molecule has 0 bridgehead atoms. The van der Waals surface area contributed by atoms with Crippen LogP contribution in [0.15, 0.2) is 35.5 Å². The summed E-state index contributed by atoms with van der Waals surface area (Å²) in [6, 6.07) is 7.39. The lowest BCUT2D eigenvalue weighted by Crippen LogP contribution is -2.31. The van der Waals surface area contributed by atoms with Crippen molar-refractivity contribution in [2.75, 3.05) is 12.3 Å². The molecule has 1 aliphatic heterocycles. The summed E-state index contributed by atoms with van der Waals surface area (Å²) in [6.07, 6.45) is 1.61. The van der Waals surface area contributed by atoms with E-state index in [1.165, 1.54) is 4.31 Å². The SMILES string of the molecule is CCn1cc(S(=O)(=O)N2CCSC2c2ccccc2Cl)nc1C. The zero-order valence-corrected chi connectivity index (χ0v) is 15.3. The Balaban J connectivity index is 2.00. The summed E-state index contributed by atoms with van der Waals surface area (Å²) in [5.41, 5.74) is 0.826. The molecule has 5 nitrogen and oxygen atoms in total. The first-order valence-corrected chi connectivity index (χ1v) is 10.2. The van der Waals surface area contributed by atoms with Crippen molar-refractivity contribution >= 4 is 33.4 Å². The van der Waals surface area contributed by atoms with Crippen molar-refractivity contribution in [2.24, 2.45) is 0 Å². The van der Waals surface area contributed by atoms with Gasteiger partial charge >= 0.3 is 0 Å². The maximum absolute atomic E-state index is 13.0. The summed E-state index contributed by atoms with van der Waals surface area (Å²) in [5, 5.41) is 0.388. The fraction of sp³-hybridized carbons (Fsp3) is 0.400. The summed E-state index contributed by atoms with van der Waals surface area (Å²) in [7, 11) is -3.64. The van der Waals surface area contributed by atoms with Crippen molar-refractivity contribution in [1.29, 1.82) is 0 Å². The Hall–Kier alpha value is -1.02. The van der Waals surface area contributed by atoms with Crippen LogP contribution in [0, 0.1) is 6.92 Å². The number of halogens is 1. The van der Waals surface area contributed by atoms with Crippen LogP contribution in [0.4, 0.5) is 0 Å². The highest BCUT2D eigenvalue weighted by Crippen LogP contribution is 2.43. The number of rotatable bonds is 4. The number of thioether (sulfide) groups is 1. The number of imidazole rings is 1. The largest absolute Gasteiger partial charge is 0.334 e. The molecule has 1 fully saturated rings. The molecular weight excluding hydrogens is 354 g/mol. The van der Waals surface area contributed by atoms with E-state index in [1.807, 2.05) is 36.6 Å². The third-order valence-corrected chi connectivity index (χ3v) is 7.34. The van der Waals surface area contributed by atoms with E-state index in [9.17, 15) is 8.42 Å². The molecule has 1 unspecified atom stereocenters. The third-order valence-electron chi connectivity index (χ3n) is 3.89. The molecule has 3 rings (SSSR count). The molecule has 124 valence electrons. The first-order chi connectivity index (χ1) is 10.9. The molecule has 0 saturated carbocycles. The predicted octanol–water partition coefficient (Wildman–Crippen LogP) is 3.30. The zero-order valence-electron chi connectivity index (χ0n) is 12.9. The van der Waals surface area contributed by atoms with Gasteiger partial charge in [0.2, 0.25) is 0 Å². The van der Waals surface area contributed by atoms with Crippen LogP contribution >= 0.6 is 23.4 Å². The van der Waals surface area contributed by atoms with E-state index in [2.05, 4.69) is 4.98 Å². The standard InChI is InChI=1S/C15H18ClN3O2S2/c1-3-18-10-14(17-11(18)2)23(20,21)19-8-9-22-15(19)12-6-4-5-7-13(12)16/h4-7,10,15H,3,8-9H2,1-2H3. The number of benzene rings is 1. The van der Waals surface area contributed by atoms with Crippen LogP contribution < -0.4 is 0 Å². The van der Waals surface area contributed by atoms with Crippen molar-refractivity contribution in [3.63, 3.8) is 0 Å². The van der Waals surface area contributed by atoms with Crippen LogP contribution in [0.3, 0.4) is 0 Å². The van der Waals surface area contributed by atoms with Crippen LogP contribution in [-0.4, -0.2) is 34.6 Å². The van der Waals surface area contributed by atoms with Gasteiger partial charge in [0.25, 0.3) is 10.0 Å². The number of hydrogen-bond donors (Lipinski definition) is 0. The lowest BCUT2D eigenvalue weighted by Gasteiger charge is -2.23. The summed E-state index contributed by atoms with van der Waals surface area (Å²) in [4.78, 5) is 4.24. The second kappa shape index (κ2) is 6.47. The molecule has 2 aromatic rings. The van der Waals surface area contributed by atoms with Crippen molar-refractivity contribution in [3.8, 4) is 0 Å². The Bertz CT molecular complexity index is 820. The topological polar surface area (TPSA) is 55.2 Å². The normalized spacial score (nSPS) is 19.3. The lowest BCUT2D eigenvalue weighted by atomic mass is 10.2. The second-order valence-corrected chi connectivity index (χ2v) is 8.71. The van der Waals surface area contributed by atoms with Crippen molar-refractivity contribution in [2.45, 2.75) is 30.8 Å². The number of nitrogens with zero attached hydrogens (tertiary/aromatic N) is 3. The molecule has 1 aromatic carbocycles. The number of aryl methyl sites for hydroxylation is 2. The second-order valence-electron chi connectivity index (χ2n) is 5.27. The summed E-state index contributed by atoms with van der Waals surface area (Å²) in [5.74, 6) is 1.44. The highest BCUT2D eigenvalue weighted by Gasteiger charge is 2.39. The van der Waals surface area contributed by atoms with Gasteiger partial charge in [-0.15, -0.1) is 11.8 Å². The molecule has 0 amide bonds. The molecule has 2 heterocycles. The summed E-state index contributed by atoms with van der Waals surface area (Å²) in [6.45, 7) is 4.92. The van der Waals surface area contributed by atoms with Gasteiger partial charge in [-0.25, -0.2) is 13.4 Å². The van der Waals surface area contributed by atoms with E-state index >= 15 is 0 Å². The fourth-order valence-electron chi connectivity index (χ4n) is 2.67. The average molecular weight is 372 g/mol. The molecule has 0 aliphatic carbocycles. The van der Waals surface area contributed by atoms with Gasteiger partial charge in [0.05, 0.1) is 5.37 Å². The Kier molecular flexibility index (Phi) is 4.73. The number of sulfonamides is 1. The highest BCUT2D eigenvalue weighted by atomic mass is 35.5. The van der Waals surface area contributed by atoms with Gasteiger partial charge in [0.1, 0.15) is 5.82 Å². The average Bonchev–Trinajstić information content (AvgIpc) is 3.14. The van der Waals surface area contributed by atoms with Gasteiger partial charge in [0.15, 0.2) is 5.03 Å². The van der Waals surface area contributed by atoms with E-state index in [4.69, 9.17) is 11.6 Å². The van der Waals surface area contributed by atoms with Crippen molar-refractivity contribution in [1.82, 2.24) is 13.9 Å². The summed E-state index contributed by atoms with van der Waals surface area (Å²) >= 11 is 7.85. The van der Waals surface area contributed by atoms with E-state index in [1.54, 1.807) is 24.0 Å². The van der Waals surface area contributed by atoms with Crippen LogP contribution in [-0.2, 0) is 16.6 Å². The molecule has 0 spiro atoms. The van der Waals surface area contributed by atoms with Gasteiger partial charge in [0, 0.05) is 30.1 Å². The van der Waals surface area contributed by atoms with Gasteiger partial charge < -0.3 is 4.57 Å². The van der Waals surface area contributed by atoms with Gasteiger partial charge in [-0.3, -0.25) is 0 Å². The molecule has 1 saturated heterocycles. The van der Waals surface area contributed by atoms with Crippen LogP contribution in [0.5, 0.6) is 0 Å². The number of aromatic nitrogens is 2. The van der Waals surface area contributed by atoms with E-state index in [0.29, 0.717) is 23.9 Å². The first-order valence-electron chi connectivity index (χ1n) is 7.36. The molecule has 23 heavy (non-hydrogen) atoms. The molecule has 0 radical (unpaired) electrons. The van der Waals surface area contributed by atoms with Crippen LogP contribution in [0.2, 0.25) is 5.02 Å². The van der Waals surface area contributed by atoms with E-state index in [-0.39, 0.29) is 10.4 Å². The monoisotopic (exact) mass is 371 g/mol. The lowest BCUT2D eigenvalue weighted by molar-refractivity contribution is 0.432. The minimum Gasteiger partial charge on any atom is -0.334 e. The molecular formula is C15H18ClN3O2S2. The highest BCUT2D eigenvalue weighted by molar-refractivity contribution is 8.01. The number of hydrogen-bond acceptors (Lipinski definition) is 4. The van der Waals surface area contributed by atoms with Crippen LogP contribution in [0.1, 0.15) is 23.7 Å². The smallest absolute Gasteiger partial charge is 0.263 e. The Morgan fingerprint density at radius 1 is 1.39 bits per heavy atom. The maximum Gasteiger partial charge on any atom is 0.263 e. The Morgan fingerprint density at radius 2 is 2.13 bits per heavy atom. The summed E-state index contributed by atoms with van der Waals surface area (Å²) < 4.78 is 29.3. The molecule has 0 N–H and O–H groups in total. The fourth-order valence-corrected chi connectivity index (χ4v) is 6.23. The van der Waals surface area contributed by atoms with Crippen molar-refractivity contribution < 1.29 is 8.42 Å². The maximum atomic E-state index is 13.0. The van der Waals surface area contributed by atoms with E-state index in [0.717, 1.165) is 11.3 Å². The van der Waals surface area contributed by atoms with Crippen molar-refractivity contribution in [3.05, 3.63) is 46.9 Å². The minimum absolute atomic E-state index is 0.108. The Labute approximate surface area is 145 Å². The predicted molar refractivity (Wildman–Crippen MR) is 93.2 cm³/mol. The molecule has 1 atom stereocenters. The molecule has 8 heteroatoms. The Morgan fingerprint density at radius 3 is 2.78 bits per heavy atom. The van der Waals surface area contributed by atoms with E-state index < -0.39 is 10.0 Å².